The van der Waals surface area contributed by atoms with Crippen LogP contribution in [0.15, 0.2) is 47.4 Å². The van der Waals surface area contributed by atoms with Crippen LogP contribution in [-0.4, -0.2) is 33.0 Å². The third-order valence-corrected chi connectivity index (χ3v) is 6.04. The summed E-state index contributed by atoms with van der Waals surface area (Å²) in [4.78, 5) is 17.1. The molecule has 2 aromatic carbocycles. The SMILES string of the molecule is CON(C)S(=O)(=O)c1cc(C(=O)Nc2cccc(C(C)C)c2)ccc1Cl. The van der Waals surface area contributed by atoms with Gasteiger partial charge in [-0.25, -0.2) is 8.42 Å². The first-order valence-corrected chi connectivity index (χ1v) is 9.72. The Hall–Kier alpha value is -1.93. The van der Waals surface area contributed by atoms with Gasteiger partial charge in [0.2, 0.25) is 0 Å². The van der Waals surface area contributed by atoms with E-state index in [0.717, 1.165) is 5.56 Å². The fourth-order valence-electron chi connectivity index (χ4n) is 2.26. The number of carbonyl (C=O) groups excluding carboxylic acids is 1. The molecule has 0 saturated heterocycles. The molecule has 0 fully saturated rings. The highest BCUT2D eigenvalue weighted by Gasteiger charge is 2.25. The lowest BCUT2D eigenvalue weighted by Crippen LogP contribution is -2.26. The number of nitrogens with zero attached hydrogens (tertiary/aromatic N) is 1. The second kappa shape index (κ2) is 8.18. The smallest absolute Gasteiger partial charge is 0.266 e. The minimum atomic E-state index is -3.97. The second-order valence-corrected chi connectivity index (χ2v) is 8.29. The molecule has 0 saturated carbocycles. The van der Waals surface area contributed by atoms with E-state index in [2.05, 4.69) is 19.2 Å². The molecule has 0 aliphatic rings. The van der Waals surface area contributed by atoms with Crippen molar-refractivity contribution in [3.05, 3.63) is 58.6 Å². The molecule has 0 aliphatic heterocycles. The zero-order valence-electron chi connectivity index (χ0n) is 15.0. The number of anilines is 1. The zero-order valence-corrected chi connectivity index (χ0v) is 16.6. The molecule has 6 nitrogen and oxygen atoms in total. The highest BCUT2D eigenvalue weighted by Crippen LogP contribution is 2.26. The Morgan fingerprint density at radius 2 is 1.88 bits per heavy atom. The first kappa shape index (κ1) is 20.4. The van der Waals surface area contributed by atoms with Crippen LogP contribution in [0.5, 0.6) is 0 Å². The predicted octanol–water partition coefficient (Wildman–Crippen LogP) is 3.90. The number of sulfonamides is 1. The van der Waals surface area contributed by atoms with Crippen molar-refractivity contribution in [2.75, 3.05) is 19.5 Å². The number of hydrogen-bond donors (Lipinski definition) is 1. The molecule has 0 spiro atoms. The Balaban J connectivity index is 2.33. The van der Waals surface area contributed by atoms with E-state index < -0.39 is 15.9 Å². The van der Waals surface area contributed by atoms with Gasteiger partial charge < -0.3 is 5.32 Å². The minimum absolute atomic E-state index is 0.00672. The predicted molar refractivity (Wildman–Crippen MR) is 102 cm³/mol. The number of halogens is 1. The van der Waals surface area contributed by atoms with E-state index in [1.165, 1.54) is 32.4 Å². The lowest BCUT2D eigenvalue weighted by atomic mass is 10.0. The van der Waals surface area contributed by atoms with Crippen LogP contribution in [0.4, 0.5) is 5.69 Å². The molecule has 2 rings (SSSR count). The van der Waals surface area contributed by atoms with Crippen LogP contribution in [0.3, 0.4) is 0 Å². The normalized spacial score (nSPS) is 11.8. The van der Waals surface area contributed by atoms with Crippen molar-refractivity contribution in [1.29, 1.82) is 0 Å². The minimum Gasteiger partial charge on any atom is -0.322 e. The molecule has 26 heavy (non-hydrogen) atoms. The van der Waals surface area contributed by atoms with E-state index >= 15 is 0 Å². The fourth-order valence-corrected chi connectivity index (χ4v) is 3.73. The summed E-state index contributed by atoms with van der Waals surface area (Å²) in [7, 11) is -1.50. The summed E-state index contributed by atoms with van der Waals surface area (Å²) >= 11 is 6.01. The van der Waals surface area contributed by atoms with Gasteiger partial charge >= 0.3 is 0 Å². The topological polar surface area (TPSA) is 75.7 Å². The molecule has 0 atom stereocenters. The molecule has 0 aromatic heterocycles. The molecule has 0 aliphatic carbocycles. The molecule has 0 unspecified atom stereocenters. The first-order valence-electron chi connectivity index (χ1n) is 7.90. The van der Waals surface area contributed by atoms with Gasteiger partial charge in [-0.1, -0.05) is 42.0 Å². The summed E-state index contributed by atoms with van der Waals surface area (Å²) in [6.07, 6.45) is 0. The van der Waals surface area contributed by atoms with Gasteiger partial charge in [0.25, 0.3) is 15.9 Å². The number of carbonyl (C=O) groups is 1. The van der Waals surface area contributed by atoms with Crippen molar-refractivity contribution in [2.24, 2.45) is 0 Å². The number of benzene rings is 2. The molecule has 140 valence electrons. The number of hydrogen-bond acceptors (Lipinski definition) is 4. The number of nitrogens with one attached hydrogen (secondary N) is 1. The van der Waals surface area contributed by atoms with E-state index in [9.17, 15) is 13.2 Å². The van der Waals surface area contributed by atoms with Crippen molar-refractivity contribution in [3.8, 4) is 0 Å². The van der Waals surface area contributed by atoms with E-state index in [-0.39, 0.29) is 15.5 Å². The molecular formula is C18H21ClN2O4S. The Bertz CT molecular complexity index is 913. The fraction of sp³-hybridized carbons (Fsp3) is 0.278. The van der Waals surface area contributed by atoms with E-state index in [0.29, 0.717) is 16.1 Å². The van der Waals surface area contributed by atoms with Gasteiger partial charge in [-0.15, -0.1) is 0 Å². The van der Waals surface area contributed by atoms with E-state index in [4.69, 9.17) is 16.4 Å². The van der Waals surface area contributed by atoms with Gasteiger partial charge in [-0.2, -0.15) is 0 Å². The number of hydroxylamine groups is 1. The van der Waals surface area contributed by atoms with Crippen LogP contribution in [-0.2, 0) is 14.9 Å². The summed E-state index contributed by atoms with van der Waals surface area (Å²) in [5.74, 6) is -0.109. The third kappa shape index (κ3) is 4.42. The average molecular weight is 397 g/mol. The third-order valence-electron chi connectivity index (χ3n) is 3.88. The van der Waals surface area contributed by atoms with E-state index in [1.54, 1.807) is 6.07 Å². The molecule has 0 bridgehead atoms. The monoisotopic (exact) mass is 396 g/mol. The maximum absolute atomic E-state index is 12.5. The molecule has 8 heteroatoms. The summed E-state index contributed by atoms with van der Waals surface area (Å²) in [6.45, 7) is 4.12. The molecule has 1 N–H and O–H groups in total. The zero-order chi connectivity index (χ0) is 19.5. The van der Waals surface area contributed by atoms with Crippen molar-refractivity contribution in [1.82, 2.24) is 4.47 Å². The second-order valence-electron chi connectivity index (χ2n) is 5.98. The summed E-state index contributed by atoms with van der Waals surface area (Å²) in [5, 5.41) is 2.78. The van der Waals surface area contributed by atoms with Crippen LogP contribution in [0.25, 0.3) is 0 Å². The lowest BCUT2D eigenvalue weighted by molar-refractivity contribution is -0.0258. The standard InChI is InChI=1S/C18H21ClN2O4S/c1-12(2)13-6-5-7-15(10-13)20-18(22)14-8-9-16(19)17(11-14)26(23,24)21(3)25-4/h5-12H,1-4H3,(H,20,22). The first-order chi connectivity index (χ1) is 12.2. The molecular weight excluding hydrogens is 376 g/mol. The molecule has 1 amide bonds. The Morgan fingerprint density at radius 3 is 2.50 bits per heavy atom. The Morgan fingerprint density at radius 1 is 1.19 bits per heavy atom. The van der Waals surface area contributed by atoms with Crippen LogP contribution in [0.2, 0.25) is 5.02 Å². The molecule has 0 heterocycles. The molecule has 2 aromatic rings. The van der Waals surface area contributed by atoms with Crippen LogP contribution >= 0.6 is 11.6 Å². The van der Waals surface area contributed by atoms with E-state index in [1.807, 2.05) is 18.2 Å². The summed E-state index contributed by atoms with van der Waals surface area (Å²) < 4.78 is 25.5. The maximum atomic E-state index is 12.5. The Kier molecular flexibility index (Phi) is 6.41. The van der Waals surface area contributed by atoms with Crippen molar-refractivity contribution >= 4 is 33.2 Å². The highest BCUT2D eigenvalue weighted by molar-refractivity contribution is 7.89. The Labute approximate surface area is 158 Å². The highest BCUT2D eigenvalue weighted by atomic mass is 35.5. The van der Waals surface area contributed by atoms with Crippen molar-refractivity contribution < 1.29 is 18.0 Å². The van der Waals surface area contributed by atoms with Gasteiger partial charge in [0.05, 0.1) is 12.1 Å². The number of amides is 1. The maximum Gasteiger partial charge on any atom is 0.266 e. The quantitative estimate of drug-likeness (QED) is 0.751. The van der Waals surface area contributed by atoms with Crippen LogP contribution < -0.4 is 5.32 Å². The largest absolute Gasteiger partial charge is 0.322 e. The molecule has 0 radical (unpaired) electrons. The van der Waals surface area contributed by atoms with Gasteiger partial charge in [-0.3, -0.25) is 9.63 Å². The summed E-state index contributed by atoms with van der Waals surface area (Å²) in [5.41, 5.74) is 1.89. The summed E-state index contributed by atoms with van der Waals surface area (Å²) in [6, 6.07) is 11.6. The van der Waals surface area contributed by atoms with Gasteiger partial charge in [-0.05, 0) is 41.8 Å². The number of rotatable bonds is 6. The van der Waals surface area contributed by atoms with Gasteiger partial charge in [0, 0.05) is 18.3 Å². The van der Waals surface area contributed by atoms with Gasteiger partial charge in [0.1, 0.15) is 4.90 Å². The average Bonchev–Trinajstić information content (AvgIpc) is 2.61. The van der Waals surface area contributed by atoms with Gasteiger partial charge in [0.15, 0.2) is 0 Å². The van der Waals surface area contributed by atoms with Crippen LogP contribution in [0, 0.1) is 0 Å². The van der Waals surface area contributed by atoms with Crippen molar-refractivity contribution in [2.45, 2.75) is 24.7 Å². The lowest BCUT2D eigenvalue weighted by Gasteiger charge is -2.16. The van der Waals surface area contributed by atoms with Crippen LogP contribution in [0.1, 0.15) is 35.7 Å². The van der Waals surface area contributed by atoms with Crippen molar-refractivity contribution in [3.63, 3.8) is 0 Å².